The molecule has 1 aliphatic rings. The minimum Gasteiger partial charge on any atom is -0.383 e. The standard InChI is InChI=1S/C15H32N4O.HI/c1-5-16-14(17-9-12-20-4)18-13-15(2,3)19-10-7-6-8-11-19;/h5-13H2,1-4H3,(H2,16,17,18);1H. The topological polar surface area (TPSA) is 48.9 Å². The molecule has 0 aliphatic carbocycles. The molecule has 2 N–H and O–H groups in total. The summed E-state index contributed by atoms with van der Waals surface area (Å²) in [5, 5.41) is 6.57. The Labute approximate surface area is 147 Å². The van der Waals surface area contributed by atoms with Crippen LogP contribution in [0.25, 0.3) is 0 Å². The first kappa shape index (κ1) is 20.9. The molecule has 1 fully saturated rings. The van der Waals surface area contributed by atoms with Gasteiger partial charge in [0, 0.05) is 25.7 Å². The van der Waals surface area contributed by atoms with Crippen LogP contribution in [-0.2, 0) is 4.74 Å². The Balaban J connectivity index is 0.00000400. The average molecular weight is 412 g/mol. The van der Waals surface area contributed by atoms with E-state index in [1.165, 1.54) is 32.4 Å². The van der Waals surface area contributed by atoms with Gasteiger partial charge in [0.05, 0.1) is 13.2 Å². The number of nitrogens with one attached hydrogen (secondary N) is 2. The highest BCUT2D eigenvalue weighted by Crippen LogP contribution is 2.20. The maximum atomic E-state index is 5.06. The summed E-state index contributed by atoms with van der Waals surface area (Å²) in [5.74, 6) is 0.884. The van der Waals surface area contributed by atoms with Crippen molar-refractivity contribution in [3.63, 3.8) is 0 Å². The van der Waals surface area contributed by atoms with E-state index in [1.807, 2.05) is 0 Å². The lowest BCUT2D eigenvalue weighted by atomic mass is 9.99. The Morgan fingerprint density at radius 2 is 1.86 bits per heavy atom. The Kier molecular flexibility index (Phi) is 11.4. The van der Waals surface area contributed by atoms with Crippen molar-refractivity contribution >= 4 is 29.9 Å². The van der Waals surface area contributed by atoms with Crippen LogP contribution in [-0.4, -0.2) is 62.8 Å². The van der Waals surface area contributed by atoms with Gasteiger partial charge in [0.1, 0.15) is 0 Å². The van der Waals surface area contributed by atoms with Crippen LogP contribution < -0.4 is 10.6 Å². The molecule has 1 rings (SSSR count). The molecular weight excluding hydrogens is 379 g/mol. The second-order valence-electron chi connectivity index (χ2n) is 5.97. The lowest BCUT2D eigenvalue weighted by Gasteiger charge is -2.40. The Hall–Kier alpha value is -0.0800. The van der Waals surface area contributed by atoms with Crippen molar-refractivity contribution < 1.29 is 4.74 Å². The van der Waals surface area contributed by atoms with E-state index >= 15 is 0 Å². The fraction of sp³-hybridized carbons (Fsp3) is 0.933. The lowest BCUT2D eigenvalue weighted by Crippen LogP contribution is -2.49. The summed E-state index contributed by atoms with van der Waals surface area (Å²) < 4.78 is 5.06. The predicted molar refractivity (Wildman–Crippen MR) is 101 cm³/mol. The summed E-state index contributed by atoms with van der Waals surface area (Å²) >= 11 is 0. The number of methoxy groups -OCH3 is 1. The number of rotatable bonds is 7. The maximum Gasteiger partial charge on any atom is 0.191 e. The molecule has 0 unspecified atom stereocenters. The summed E-state index contributed by atoms with van der Waals surface area (Å²) in [5.41, 5.74) is 0.129. The van der Waals surface area contributed by atoms with Gasteiger partial charge in [-0.3, -0.25) is 9.89 Å². The third-order valence-corrected chi connectivity index (χ3v) is 3.78. The van der Waals surface area contributed by atoms with Crippen molar-refractivity contribution in [3.8, 4) is 0 Å². The van der Waals surface area contributed by atoms with Gasteiger partial charge in [0.15, 0.2) is 5.96 Å². The van der Waals surface area contributed by atoms with Crippen LogP contribution in [0.4, 0.5) is 0 Å². The predicted octanol–water partition coefficient (Wildman–Crippen LogP) is 2.07. The number of guanidine groups is 1. The number of likely N-dealkylation sites (tertiary alicyclic amines) is 1. The van der Waals surface area contributed by atoms with Crippen LogP contribution in [0.5, 0.6) is 0 Å². The smallest absolute Gasteiger partial charge is 0.191 e. The average Bonchev–Trinajstić information content (AvgIpc) is 2.46. The van der Waals surface area contributed by atoms with Gasteiger partial charge in [-0.1, -0.05) is 6.42 Å². The van der Waals surface area contributed by atoms with Gasteiger partial charge < -0.3 is 15.4 Å². The monoisotopic (exact) mass is 412 g/mol. The third-order valence-electron chi connectivity index (χ3n) is 3.78. The molecule has 5 nitrogen and oxygen atoms in total. The summed E-state index contributed by atoms with van der Waals surface area (Å²) in [6, 6.07) is 0. The SMILES string of the molecule is CCNC(=NCC(C)(C)N1CCCCC1)NCCOC.I. The molecule has 1 aliphatic heterocycles. The number of piperidine rings is 1. The van der Waals surface area contributed by atoms with E-state index < -0.39 is 0 Å². The lowest BCUT2D eigenvalue weighted by molar-refractivity contribution is 0.102. The quantitative estimate of drug-likeness (QED) is 0.291. The molecule has 1 saturated heterocycles. The highest BCUT2D eigenvalue weighted by molar-refractivity contribution is 14.0. The van der Waals surface area contributed by atoms with Crippen molar-refractivity contribution in [1.29, 1.82) is 0 Å². The Bertz CT molecular complexity index is 291. The van der Waals surface area contributed by atoms with Gasteiger partial charge in [-0.05, 0) is 46.7 Å². The number of hydrogen-bond acceptors (Lipinski definition) is 3. The van der Waals surface area contributed by atoms with E-state index in [1.54, 1.807) is 7.11 Å². The number of aliphatic imine (C=N–C) groups is 1. The number of ether oxygens (including phenoxy) is 1. The largest absolute Gasteiger partial charge is 0.383 e. The third kappa shape index (κ3) is 8.21. The second kappa shape index (κ2) is 11.5. The van der Waals surface area contributed by atoms with E-state index in [-0.39, 0.29) is 29.5 Å². The Morgan fingerprint density at radius 3 is 2.43 bits per heavy atom. The van der Waals surface area contributed by atoms with Crippen LogP contribution >= 0.6 is 24.0 Å². The first-order valence-electron chi connectivity index (χ1n) is 7.86. The van der Waals surface area contributed by atoms with Crippen LogP contribution in [0.15, 0.2) is 4.99 Å². The zero-order valence-corrected chi connectivity index (χ0v) is 16.4. The van der Waals surface area contributed by atoms with Crippen molar-refractivity contribution in [2.24, 2.45) is 4.99 Å². The van der Waals surface area contributed by atoms with Crippen LogP contribution in [0.3, 0.4) is 0 Å². The van der Waals surface area contributed by atoms with Gasteiger partial charge in [-0.25, -0.2) is 0 Å². The first-order chi connectivity index (χ1) is 9.60. The van der Waals surface area contributed by atoms with Gasteiger partial charge >= 0.3 is 0 Å². The highest BCUT2D eigenvalue weighted by atomic mass is 127. The van der Waals surface area contributed by atoms with Crippen molar-refractivity contribution in [2.45, 2.75) is 45.6 Å². The second-order valence-corrected chi connectivity index (χ2v) is 5.97. The summed E-state index contributed by atoms with van der Waals surface area (Å²) in [4.78, 5) is 7.30. The molecule has 0 saturated carbocycles. The van der Waals surface area contributed by atoms with Gasteiger partial charge in [0.25, 0.3) is 0 Å². The highest BCUT2D eigenvalue weighted by Gasteiger charge is 2.27. The van der Waals surface area contributed by atoms with Crippen LogP contribution in [0.1, 0.15) is 40.0 Å². The van der Waals surface area contributed by atoms with E-state index in [9.17, 15) is 0 Å². The number of nitrogens with zero attached hydrogens (tertiary/aromatic N) is 2. The zero-order valence-electron chi connectivity index (χ0n) is 14.1. The molecule has 0 atom stereocenters. The van der Waals surface area contributed by atoms with Crippen LogP contribution in [0.2, 0.25) is 0 Å². The number of halogens is 1. The fourth-order valence-corrected chi connectivity index (χ4v) is 2.49. The number of hydrogen-bond donors (Lipinski definition) is 2. The molecule has 0 aromatic rings. The summed E-state index contributed by atoms with van der Waals surface area (Å²) in [6.07, 6.45) is 4.01. The molecule has 0 radical (unpaired) electrons. The summed E-state index contributed by atoms with van der Waals surface area (Å²) in [7, 11) is 1.71. The normalized spacial score (nSPS) is 17.2. The van der Waals surface area contributed by atoms with E-state index in [0.29, 0.717) is 6.61 Å². The molecule has 0 amide bonds. The van der Waals surface area contributed by atoms with E-state index in [0.717, 1.165) is 25.6 Å². The minimum atomic E-state index is 0. The van der Waals surface area contributed by atoms with Crippen molar-refractivity contribution in [1.82, 2.24) is 15.5 Å². The molecular formula is C15H33IN4O. The molecule has 0 aromatic heterocycles. The van der Waals surface area contributed by atoms with Gasteiger partial charge in [-0.2, -0.15) is 0 Å². The Morgan fingerprint density at radius 1 is 1.19 bits per heavy atom. The fourth-order valence-electron chi connectivity index (χ4n) is 2.49. The molecule has 0 spiro atoms. The molecule has 21 heavy (non-hydrogen) atoms. The minimum absolute atomic E-state index is 0. The van der Waals surface area contributed by atoms with E-state index in [2.05, 4.69) is 36.3 Å². The molecule has 126 valence electrons. The summed E-state index contributed by atoms with van der Waals surface area (Å²) in [6.45, 7) is 12.3. The molecule has 0 aromatic carbocycles. The van der Waals surface area contributed by atoms with Crippen molar-refractivity contribution in [2.75, 3.05) is 46.4 Å². The molecule has 0 bridgehead atoms. The van der Waals surface area contributed by atoms with Crippen molar-refractivity contribution in [3.05, 3.63) is 0 Å². The molecule has 1 heterocycles. The maximum absolute atomic E-state index is 5.06. The van der Waals surface area contributed by atoms with Gasteiger partial charge in [-0.15, -0.1) is 24.0 Å². The van der Waals surface area contributed by atoms with Crippen LogP contribution in [0, 0.1) is 0 Å². The first-order valence-corrected chi connectivity index (χ1v) is 7.86. The molecule has 6 heteroatoms. The van der Waals surface area contributed by atoms with E-state index in [4.69, 9.17) is 9.73 Å². The van der Waals surface area contributed by atoms with Gasteiger partial charge in [0.2, 0.25) is 0 Å². The zero-order chi connectivity index (χ0) is 14.8.